The third kappa shape index (κ3) is 5.80. The molecular weight excluding hydrogens is 302 g/mol. The van der Waals surface area contributed by atoms with Gasteiger partial charge in [0, 0.05) is 31.7 Å². The van der Waals surface area contributed by atoms with Crippen LogP contribution in [-0.2, 0) is 0 Å². The first-order valence-electron chi connectivity index (χ1n) is 9.11. The Morgan fingerprint density at radius 3 is 2.58 bits per heavy atom. The van der Waals surface area contributed by atoms with Gasteiger partial charge < -0.3 is 15.7 Å². The van der Waals surface area contributed by atoms with Gasteiger partial charge in [-0.1, -0.05) is 37.3 Å². The van der Waals surface area contributed by atoms with Crippen molar-refractivity contribution in [2.24, 2.45) is 0 Å². The highest BCUT2D eigenvalue weighted by molar-refractivity contribution is 5.74. The van der Waals surface area contributed by atoms with Gasteiger partial charge in [-0.25, -0.2) is 4.79 Å². The van der Waals surface area contributed by atoms with E-state index in [1.807, 2.05) is 13.0 Å². The van der Waals surface area contributed by atoms with Crippen LogP contribution in [0, 0.1) is 0 Å². The molecule has 5 heteroatoms. The molecule has 2 rings (SSSR count). The minimum atomic E-state index is -0.326. The standard InChI is InChI=1S/C19H31N3O2/c1-3-18(23)9-12-20-19(24)21-17-10-13-22(14-11-17)15(2)16-7-5-4-6-8-16/h4-8,15,17-18,23H,3,9-14H2,1-2H3,(H2,20,21,24). The van der Waals surface area contributed by atoms with Crippen LogP contribution in [0.3, 0.4) is 0 Å². The van der Waals surface area contributed by atoms with Gasteiger partial charge in [0.25, 0.3) is 0 Å². The van der Waals surface area contributed by atoms with E-state index in [-0.39, 0.29) is 18.2 Å². The van der Waals surface area contributed by atoms with Crippen LogP contribution in [0.2, 0.25) is 0 Å². The summed E-state index contributed by atoms with van der Waals surface area (Å²) in [5, 5.41) is 15.4. The fourth-order valence-electron chi connectivity index (χ4n) is 3.17. The number of carbonyl (C=O) groups is 1. The maximum Gasteiger partial charge on any atom is 0.315 e. The first kappa shape index (κ1) is 18.7. The molecule has 2 unspecified atom stereocenters. The van der Waals surface area contributed by atoms with Gasteiger partial charge in [-0.15, -0.1) is 0 Å². The van der Waals surface area contributed by atoms with E-state index < -0.39 is 0 Å². The molecule has 1 aromatic rings. The SMILES string of the molecule is CCC(O)CCNC(=O)NC1CCN(C(C)c2ccccc2)CC1. The van der Waals surface area contributed by atoms with E-state index in [2.05, 4.69) is 46.7 Å². The van der Waals surface area contributed by atoms with Crippen molar-refractivity contribution in [1.29, 1.82) is 0 Å². The highest BCUT2D eigenvalue weighted by atomic mass is 16.3. The highest BCUT2D eigenvalue weighted by Crippen LogP contribution is 2.23. The summed E-state index contributed by atoms with van der Waals surface area (Å²) in [5.74, 6) is 0. The zero-order valence-electron chi connectivity index (χ0n) is 14.9. The second-order valence-corrected chi connectivity index (χ2v) is 6.65. The molecule has 5 nitrogen and oxygen atoms in total. The van der Waals surface area contributed by atoms with E-state index in [0.717, 1.165) is 32.4 Å². The first-order valence-corrected chi connectivity index (χ1v) is 9.11. The smallest absolute Gasteiger partial charge is 0.315 e. The lowest BCUT2D eigenvalue weighted by Crippen LogP contribution is -2.48. The van der Waals surface area contributed by atoms with Crippen molar-refractivity contribution in [2.45, 2.75) is 57.7 Å². The molecule has 24 heavy (non-hydrogen) atoms. The number of aliphatic hydroxyl groups is 1. The summed E-state index contributed by atoms with van der Waals surface area (Å²) in [6, 6.07) is 11.1. The van der Waals surface area contributed by atoms with Gasteiger partial charge in [-0.3, -0.25) is 4.90 Å². The molecule has 0 spiro atoms. The van der Waals surface area contributed by atoms with Crippen LogP contribution < -0.4 is 10.6 Å². The summed E-state index contributed by atoms with van der Waals surface area (Å²) < 4.78 is 0. The van der Waals surface area contributed by atoms with E-state index in [1.165, 1.54) is 5.56 Å². The number of nitrogens with zero attached hydrogens (tertiary/aromatic N) is 1. The fraction of sp³-hybridized carbons (Fsp3) is 0.632. The topological polar surface area (TPSA) is 64.6 Å². The number of likely N-dealkylation sites (tertiary alicyclic amines) is 1. The highest BCUT2D eigenvalue weighted by Gasteiger charge is 2.24. The van der Waals surface area contributed by atoms with Gasteiger partial charge in [0.2, 0.25) is 0 Å². The van der Waals surface area contributed by atoms with Crippen LogP contribution in [0.25, 0.3) is 0 Å². The molecule has 0 radical (unpaired) electrons. The Kier molecular flexibility index (Phi) is 7.53. The maximum atomic E-state index is 11.9. The Morgan fingerprint density at radius 2 is 1.96 bits per heavy atom. The quantitative estimate of drug-likeness (QED) is 0.719. The molecule has 1 aliphatic rings. The van der Waals surface area contributed by atoms with E-state index in [9.17, 15) is 9.90 Å². The molecule has 2 amide bonds. The summed E-state index contributed by atoms with van der Waals surface area (Å²) in [6.07, 6.45) is 2.95. The summed E-state index contributed by atoms with van der Waals surface area (Å²) in [7, 11) is 0. The lowest BCUT2D eigenvalue weighted by molar-refractivity contribution is 0.151. The van der Waals surface area contributed by atoms with Crippen molar-refractivity contribution in [3.05, 3.63) is 35.9 Å². The molecule has 3 N–H and O–H groups in total. The largest absolute Gasteiger partial charge is 0.393 e. The number of carbonyl (C=O) groups excluding carboxylic acids is 1. The second-order valence-electron chi connectivity index (χ2n) is 6.65. The predicted octanol–water partition coefficient (Wildman–Crippen LogP) is 2.67. The molecule has 1 fully saturated rings. The lowest BCUT2D eigenvalue weighted by Gasteiger charge is -2.36. The van der Waals surface area contributed by atoms with Crippen LogP contribution in [-0.4, -0.2) is 47.8 Å². The fourth-order valence-corrected chi connectivity index (χ4v) is 3.17. The second kappa shape index (κ2) is 9.64. The van der Waals surface area contributed by atoms with E-state index in [1.54, 1.807) is 0 Å². The van der Waals surface area contributed by atoms with Crippen LogP contribution in [0.5, 0.6) is 0 Å². The zero-order chi connectivity index (χ0) is 17.4. The van der Waals surface area contributed by atoms with Crippen LogP contribution >= 0.6 is 0 Å². The minimum Gasteiger partial charge on any atom is -0.393 e. The first-order chi connectivity index (χ1) is 11.6. The Hall–Kier alpha value is -1.59. The van der Waals surface area contributed by atoms with Crippen molar-refractivity contribution in [1.82, 2.24) is 15.5 Å². The molecule has 0 saturated carbocycles. The zero-order valence-corrected chi connectivity index (χ0v) is 14.9. The summed E-state index contributed by atoms with van der Waals surface area (Å²) in [6.45, 7) is 6.69. The lowest BCUT2D eigenvalue weighted by atomic mass is 10.0. The van der Waals surface area contributed by atoms with Crippen molar-refractivity contribution in [3.8, 4) is 0 Å². The van der Waals surface area contributed by atoms with Crippen LogP contribution in [0.4, 0.5) is 4.79 Å². The Morgan fingerprint density at radius 1 is 1.29 bits per heavy atom. The van der Waals surface area contributed by atoms with Gasteiger partial charge >= 0.3 is 6.03 Å². The van der Waals surface area contributed by atoms with E-state index in [0.29, 0.717) is 19.0 Å². The number of hydrogen-bond donors (Lipinski definition) is 3. The number of urea groups is 1. The van der Waals surface area contributed by atoms with Gasteiger partial charge in [0.1, 0.15) is 0 Å². The average molecular weight is 333 g/mol. The third-order valence-electron chi connectivity index (χ3n) is 4.93. The van der Waals surface area contributed by atoms with Gasteiger partial charge in [-0.05, 0) is 38.2 Å². The molecule has 0 aromatic heterocycles. The normalized spacial score (nSPS) is 18.8. The van der Waals surface area contributed by atoms with Gasteiger partial charge in [0.15, 0.2) is 0 Å². The summed E-state index contributed by atoms with van der Waals surface area (Å²) in [5.41, 5.74) is 1.34. The molecule has 1 aromatic carbocycles. The van der Waals surface area contributed by atoms with Crippen LogP contribution in [0.15, 0.2) is 30.3 Å². The Labute approximate surface area is 145 Å². The van der Waals surface area contributed by atoms with Gasteiger partial charge in [-0.2, -0.15) is 0 Å². The molecule has 1 saturated heterocycles. The van der Waals surface area contributed by atoms with E-state index >= 15 is 0 Å². The number of amides is 2. The number of hydrogen-bond acceptors (Lipinski definition) is 3. The van der Waals surface area contributed by atoms with Crippen LogP contribution in [0.1, 0.15) is 51.1 Å². The molecule has 134 valence electrons. The third-order valence-corrected chi connectivity index (χ3v) is 4.93. The molecular formula is C19H31N3O2. The molecule has 0 bridgehead atoms. The monoisotopic (exact) mass is 333 g/mol. The number of rotatable bonds is 7. The molecule has 2 atom stereocenters. The van der Waals surface area contributed by atoms with Crippen molar-refractivity contribution in [2.75, 3.05) is 19.6 Å². The number of aliphatic hydroxyl groups excluding tert-OH is 1. The molecule has 0 aliphatic carbocycles. The maximum absolute atomic E-state index is 11.9. The Bertz CT molecular complexity index is 487. The van der Waals surface area contributed by atoms with Crippen molar-refractivity contribution < 1.29 is 9.90 Å². The Balaban J connectivity index is 1.68. The van der Waals surface area contributed by atoms with Crippen molar-refractivity contribution >= 4 is 6.03 Å². The minimum absolute atomic E-state index is 0.118. The number of piperidine rings is 1. The molecule has 1 heterocycles. The van der Waals surface area contributed by atoms with Crippen molar-refractivity contribution in [3.63, 3.8) is 0 Å². The van der Waals surface area contributed by atoms with E-state index in [4.69, 9.17) is 0 Å². The number of nitrogens with one attached hydrogen (secondary N) is 2. The number of benzene rings is 1. The predicted molar refractivity (Wildman–Crippen MR) is 96.9 cm³/mol. The summed E-state index contributed by atoms with van der Waals surface area (Å²) >= 11 is 0. The van der Waals surface area contributed by atoms with Gasteiger partial charge in [0.05, 0.1) is 6.10 Å². The summed E-state index contributed by atoms with van der Waals surface area (Å²) in [4.78, 5) is 14.4. The average Bonchev–Trinajstić information content (AvgIpc) is 2.62. The molecule has 1 aliphatic heterocycles.